The summed E-state index contributed by atoms with van der Waals surface area (Å²) in [7, 11) is 0. The Hall–Kier alpha value is -2.46. The Morgan fingerprint density at radius 3 is 2.75 bits per heavy atom. The number of aryl methyl sites for hydroxylation is 1. The monoisotopic (exact) mass is 418 g/mol. The molecular weight excluding hydrogens is 401 g/mol. The number of nitrogen functional groups attached to an aromatic ring is 1. The number of aromatic nitrogens is 2. The molecule has 0 saturated carbocycles. The third-order valence-electron chi connectivity index (χ3n) is 4.15. The summed E-state index contributed by atoms with van der Waals surface area (Å²) in [6, 6.07) is 3.31. The molecule has 0 bridgehead atoms. The number of nitrogens with zero attached hydrogens (tertiary/aromatic N) is 3. The van der Waals surface area contributed by atoms with E-state index < -0.39 is 23.9 Å². The van der Waals surface area contributed by atoms with Crippen molar-refractivity contribution in [3.8, 4) is 11.5 Å². The highest BCUT2D eigenvalue weighted by molar-refractivity contribution is 6.31. The fourth-order valence-corrected chi connectivity index (χ4v) is 3.33. The third kappa shape index (κ3) is 4.68. The number of anilines is 2. The first kappa shape index (κ1) is 20.3. The molecule has 1 saturated heterocycles. The molecule has 1 fully saturated rings. The van der Waals surface area contributed by atoms with Gasteiger partial charge in [0.2, 0.25) is 5.95 Å². The molecule has 0 unspecified atom stereocenters. The highest BCUT2D eigenvalue weighted by atomic mass is 35.5. The van der Waals surface area contributed by atoms with Gasteiger partial charge in [-0.15, -0.1) is 13.2 Å². The molecule has 2 heterocycles. The summed E-state index contributed by atoms with van der Waals surface area (Å²) < 4.78 is 46.9. The van der Waals surface area contributed by atoms with Crippen LogP contribution in [0.4, 0.5) is 24.9 Å². The van der Waals surface area contributed by atoms with E-state index in [1.54, 1.807) is 13.0 Å². The van der Waals surface area contributed by atoms with Crippen LogP contribution in [-0.2, 0) is 4.74 Å². The summed E-state index contributed by atoms with van der Waals surface area (Å²) in [6.07, 6.45) is -4.26. The van der Waals surface area contributed by atoms with Crippen molar-refractivity contribution in [3.63, 3.8) is 0 Å². The Kier molecular flexibility index (Phi) is 5.71. The van der Waals surface area contributed by atoms with Gasteiger partial charge in [-0.3, -0.25) is 0 Å². The molecule has 0 aliphatic carbocycles. The zero-order valence-corrected chi connectivity index (χ0v) is 15.6. The van der Waals surface area contributed by atoms with Gasteiger partial charge in [-0.1, -0.05) is 11.6 Å². The number of phenols is 1. The highest BCUT2D eigenvalue weighted by Gasteiger charge is 2.34. The molecular formula is C17H18ClF3N4O3. The minimum absolute atomic E-state index is 0.00343. The van der Waals surface area contributed by atoms with E-state index in [4.69, 9.17) is 22.1 Å². The van der Waals surface area contributed by atoms with E-state index in [0.29, 0.717) is 36.6 Å². The van der Waals surface area contributed by atoms with E-state index in [0.717, 1.165) is 12.1 Å². The lowest BCUT2D eigenvalue weighted by atomic mass is 10.0. The first-order valence-electron chi connectivity index (χ1n) is 8.38. The molecule has 3 N–H and O–H groups in total. The fourth-order valence-electron chi connectivity index (χ4n) is 3.05. The van der Waals surface area contributed by atoms with Crippen molar-refractivity contribution in [2.45, 2.75) is 25.7 Å². The van der Waals surface area contributed by atoms with Gasteiger partial charge in [0.25, 0.3) is 0 Å². The Balaban J connectivity index is 2.02. The summed E-state index contributed by atoms with van der Waals surface area (Å²) in [6.45, 7) is 3.00. The standard InChI is InChI=1S/C17H18ClF3N4O3/c1-9-5-15(24-16(22)23-9)25-3-2-4-27-8-12(25)10-6-13(26)14(7-11(10)18)28-17(19,20)21/h5-7,12,26H,2-4,8H2,1H3,(H2,22,23,24)/t12-/m1/s1. The molecule has 11 heteroatoms. The quantitative estimate of drug-likeness (QED) is 0.786. The molecule has 1 aromatic heterocycles. The van der Waals surface area contributed by atoms with E-state index in [1.807, 2.05) is 4.90 Å². The summed E-state index contributed by atoms with van der Waals surface area (Å²) in [5, 5.41) is 10.0. The van der Waals surface area contributed by atoms with Gasteiger partial charge in [0.05, 0.1) is 12.6 Å². The van der Waals surface area contributed by atoms with Gasteiger partial charge >= 0.3 is 6.36 Å². The Morgan fingerprint density at radius 2 is 2.07 bits per heavy atom. The molecule has 1 aromatic carbocycles. The van der Waals surface area contributed by atoms with Crippen LogP contribution in [0.1, 0.15) is 23.7 Å². The zero-order chi connectivity index (χ0) is 20.5. The van der Waals surface area contributed by atoms with Gasteiger partial charge in [0.15, 0.2) is 11.5 Å². The van der Waals surface area contributed by atoms with E-state index >= 15 is 0 Å². The maximum atomic E-state index is 12.5. The highest BCUT2D eigenvalue weighted by Crippen LogP contribution is 2.40. The minimum Gasteiger partial charge on any atom is -0.504 e. The number of phenolic OH excluding ortho intramolecular Hbond substituents is 1. The van der Waals surface area contributed by atoms with Crippen LogP contribution in [0.5, 0.6) is 11.5 Å². The van der Waals surface area contributed by atoms with Gasteiger partial charge in [-0.25, -0.2) is 4.98 Å². The lowest BCUT2D eigenvalue weighted by Crippen LogP contribution is -2.32. The molecule has 3 rings (SSSR count). The van der Waals surface area contributed by atoms with E-state index in [2.05, 4.69) is 14.7 Å². The summed E-state index contributed by atoms with van der Waals surface area (Å²) in [4.78, 5) is 10.2. The summed E-state index contributed by atoms with van der Waals surface area (Å²) in [5.41, 5.74) is 6.79. The van der Waals surface area contributed by atoms with Crippen LogP contribution in [0.3, 0.4) is 0 Å². The van der Waals surface area contributed by atoms with E-state index in [9.17, 15) is 18.3 Å². The first-order valence-corrected chi connectivity index (χ1v) is 8.75. The molecule has 2 aromatic rings. The van der Waals surface area contributed by atoms with Crippen molar-refractivity contribution < 1.29 is 27.8 Å². The molecule has 152 valence electrons. The number of halogens is 4. The maximum Gasteiger partial charge on any atom is 0.573 e. The van der Waals surface area contributed by atoms with Gasteiger partial charge in [-0.2, -0.15) is 4.98 Å². The molecule has 1 aliphatic rings. The number of aromatic hydroxyl groups is 1. The van der Waals surface area contributed by atoms with Gasteiger partial charge in [0, 0.05) is 36.0 Å². The second-order valence-electron chi connectivity index (χ2n) is 6.25. The van der Waals surface area contributed by atoms with Crippen LogP contribution in [0, 0.1) is 6.92 Å². The fraction of sp³-hybridized carbons (Fsp3) is 0.412. The number of alkyl halides is 3. The molecule has 0 spiro atoms. The van der Waals surface area contributed by atoms with Crippen molar-refractivity contribution in [3.05, 3.63) is 34.5 Å². The van der Waals surface area contributed by atoms with Crippen LogP contribution >= 0.6 is 11.6 Å². The Labute approximate surface area is 163 Å². The second kappa shape index (κ2) is 7.88. The smallest absolute Gasteiger partial charge is 0.504 e. The summed E-state index contributed by atoms with van der Waals surface area (Å²) in [5.74, 6) is -0.822. The van der Waals surface area contributed by atoms with Gasteiger partial charge < -0.3 is 25.2 Å². The molecule has 0 amide bonds. The largest absolute Gasteiger partial charge is 0.573 e. The zero-order valence-electron chi connectivity index (χ0n) is 14.8. The minimum atomic E-state index is -4.95. The Bertz CT molecular complexity index is 846. The van der Waals surface area contributed by atoms with Crippen molar-refractivity contribution in [1.29, 1.82) is 0 Å². The molecule has 1 aliphatic heterocycles. The van der Waals surface area contributed by atoms with E-state index in [1.165, 1.54) is 0 Å². The normalized spacial score (nSPS) is 18.0. The van der Waals surface area contributed by atoms with Crippen LogP contribution in [0.15, 0.2) is 18.2 Å². The average molecular weight is 419 g/mol. The van der Waals surface area contributed by atoms with Crippen LogP contribution in [0.25, 0.3) is 0 Å². The molecule has 28 heavy (non-hydrogen) atoms. The Morgan fingerprint density at radius 1 is 1.32 bits per heavy atom. The summed E-state index contributed by atoms with van der Waals surface area (Å²) >= 11 is 6.23. The van der Waals surface area contributed by atoms with Crippen LogP contribution in [-0.4, -0.2) is 41.2 Å². The van der Waals surface area contributed by atoms with Gasteiger partial charge in [0.1, 0.15) is 5.82 Å². The number of rotatable bonds is 3. The number of benzene rings is 1. The van der Waals surface area contributed by atoms with Crippen molar-refractivity contribution >= 4 is 23.4 Å². The second-order valence-corrected chi connectivity index (χ2v) is 6.66. The van der Waals surface area contributed by atoms with Crippen molar-refractivity contribution in [1.82, 2.24) is 9.97 Å². The van der Waals surface area contributed by atoms with Crippen LogP contribution in [0.2, 0.25) is 5.02 Å². The van der Waals surface area contributed by atoms with E-state index in [-0.39, 0.29) is 17.6 Å². The number of ether oxygens (including phenoxy) is 2. The third-order valence-corrected chi connectivity index (χ3v) is 4.48. The predicted octanol–water partition coefficient (Wildman–Crippen LogP) is 3.59. The maximum absolute atomic E-state index is 12.5. The molecule has 1 atom stereocenters. The lowest BCUT2D eigenvalue weighted by molar-refractivity contribution is -0.275. The average Bonchev–Trinajstić information content (AvgIpc) is 2.81. The number of hydrogen-bond donors (Lipinski definition) is 2. The molecule has 7 nitrogen and oxygen atoms in total. The van der Waals surface area contributed by atoms with Crippen molar-refractivity contribution in [2.24, 2.45) is 0 Å². The predicted molar refractivity (Wildman–Crippen MR) is 96.5 cm³/mol. The first-order chi connectivity index (χ1) is 13.1. The molecule has 0 radical (unpaired) electrons. The number of hydrogen-bond acceptors (Lipinski definition) is 7. The lowest BCUT2D eigenvalue weighted by Gasteiger charge is -2.31. The van der Waals surface area contributed by atoms with Crippen molar-refractivity contribution in [2.75, 3.05) is 30.4 Å². The number of nitrogens with two attached hydrogens (primary N) is 1. The SMILES string of the molecule is Cc1cc(N2CCCOC[C@@H]2c2cc(O)c(OC(F)(F)F)cc2Cl)nc(N)n1. The topological polar surface area (TPSA) is 93.7 Å². The van der Waals surface area contributed by atoms with Crippen LogP contribution < -0.4 is 15.4 Å². The van der Waals surface area contributed by atoms with Gasteiger partial charge in [-0.05, 0) is 25.0 Å².